The average Bonchev–Trinajstić information content (AvgIpc) is 2.01. The van der Waals surface area contributed by atoms with Crippen LogP contribution in [0, 0.1) is 0 Å². The van der Waals surface area contributed by atoms with Gasteiger partial charge >= 0.3 is 0 Å². The first-order valence-corrected chi connectivity index (χ1v) is 3.33. The first-order chi connectivity index (χ1) is 5.65. The Bertz CT molecular complexity index is 333. The van der Waals surface area contributed by atoms with Crippen LogP contribution in [0.1, 0.15) is 5.69 Å². The van der Waals surface area contributed by atoms with Gasteiger partial charge in [-0.2, -0.15) is 4.79 Å². The molecule has 0 atom stereocenters. The van der Waals surface area contributed by atoms with Crippen molar-refractivity contribution in [3.05, 3.63) is 22.0 Å². The third-order valence-electron chi connectivity index (χ3n) is 1.38. The van der Waals surface area contributed by atoms with Gasteiger partial charge in [0.2, 0.25) is 5.43 Å². The lowest BCUT2D eigenvalue weighted by Crippen LogP contribution is -2.23. The average molecular weight is 171 g/mol. The lowest BCUT2D eigenvalue weighted by Gasteiger charge is -2.04. The van der Waals surface area contributed by atoms with Crippen LogP contribution >= 0.6 is 0 Å². The first kappa shape index (κ1) is 8.54. The van der Waals surface area contributed by atoms with Gasteiger partial charge in [-0.15, -0.1) is 5.10 Å². The quantitative estimate of drug-likeness (QED) is 0.455. The molecule has 0 saturated carbocycles. The van der Waals surface area contributed by atoms with E-state index in [9.17, 15) is 4.79 Å². The van der Waals surface area contributed by atoms with Crippen LogP contribution in [0.25, 0.3) is 0 Å². The number of aromatic nitrogens is 2. The second-order valence-corrected chi connectivity index (χ2v) is 2.24. The van der Waals surface area contributed by atoms with Crippen LogP contribution in [-0.4, -0.2) is 26.7 Å². The van der Waals surface area contributed by atoms with E-state index in [0.29, 0.717) is 5.69 Å². The van der Waals surface area contributed by atoms with Crippen molar-refractivity contribution in [3.63, 3.8) is 0 Å². The Kier molecular flexibility index (Phi) is 2.29. The Hall–Kier alpha value is -1.56. The van der Waals surface area contributed by atoms with Crippen molar-refractivity contribution in [1.29, 1.82) is 0 Å². The number of aliphatic hydroxyl groups is 1. The summed E-state index contributed by atoms with van der Waals surface area (Å²) in [4.78, 5) is 11.7. The number of aromatic hydroxyl groups is 1. The van der Waals surface area contributed by atoms with Gasteiger partial charge in [0.15, 0.2) is 0 Å². The van der Waals surface area contributed by atoms with Crippen LogP contribution in [0.2, 0.25) is 0 Å². The molecule has 6 heteroatoms. The molecule has 0 aliphatic carbocycles. The highest BCUT2D eigenvalue weighted by molar-refractivity contribution is 5.12. The number of nitrogen functional groups attached to an aromatic ring is 1. The van der Waals surface area contributed by atoms with Gasteiger partial charge in [0, 0.05) is 19.1 Å². The number of nitrogens with two attached hydrogens (primary N) is 1. The molecular formula is C6H9N3O3. The van der Waals surface area contributed by atoms with Gasteiger partial charge in [0.05, 0.1) is 5.69 Å². The molecule has 4 N–H and O–H groups in total. The van der Waals surface area contributed by atoms with E-state index < -0.39 is 11.3 Å². The van der Waals surface area contributed by atoms with E-state index in [-0.39, 0.29) is 13.0 Å². The molecular weight excluding hydrogens is 162 g/mol. The molecule has 0 amide bonds. The Balaban J connectivity index is 3.14. The summed E-state index contributed by atoms with van der Waals surface area (Å²) in [7, 11) is 0. The zero-order chi connectivity index (χ0) is 9.14. The normalized spacial score (nSPS) is 10.1. The van der Waals surface area contributed by atoms with Crippen LogP contribution in [0.5, 0.6) is 5.88 Å². The van der Waals surface area contributed by atoms with E-state index in [1.165, 1.54) is 0 Å². The molecule has 0 bridgehead atoms. The summed E-state index contributed by atoms with van der Waals surface area (Å²) >= 11 is 0. The molecule has 1 heterocycles. The van der Waals surface area contributed by atoms with Gasteiger partial charge in [-0.3, -0.25) is 4.79 Å². The van der Waals surface area contributed by atoms with Gasteiger partial charge in [-0.25, -0.2) is 0 Å². The molecule has 1 aromatic rings. The fourth-order valence-corrected chi connectivity index (χ4v) is 0.799. The van der Waals surface area contributed by atoms with Crippen LogP contribution in [0.15, 0.2) is 10.9 Å². The number of hydrogen-bond acceptors (Lipinski definition) is 5. The van der Waals surface area contributed by atoms with E-state index >= 15 is 0 Å². The van der Waals surface area contributed by atoms with Crippen molar-refractivity contribution in [2.75, 3.05) is 12.4 Å². The molecule has 0 saturated heterocycles. The fourth-order valence-electron chi connectivity index (χ4n) is 0.799. The van der Waals surface area contributed by atoms with Crippen LogP contribution in [0.4, 0.5) is 0 Å². The van der Waals surface area contributed by atoms with E-state index in [2.05, 4.69) is 5.10 Å². The van der Waals surface area contributed by atoms with E-state index in [0.717, 1.165) is 10.9 Å². The largest absolute Gasteiger partial charge is 0.489 e. The van der Waals surface area contributed by atoms with Crippen LogP contribution in [-0.2, 0) is 6.42 Å². The van der Waals surface area contributed by atoms with Crippen molar-refractivity contribution in [2.24, 2.45) is 0 Å². The SMILES string of the molecule is Nn1nc(O)c(=O)cc1CCO. The maximum absolute atomic E-state index is 10.8. The molecule has 0 aliphatic heterocycles. The van der Waals surface area contributed by atoms with Gasteiger partial charge in [-0.05, 0) is 0 Å². The maximum Gasteiger partial charge on any atom is 0.279 e. The van der Waals surface area contributed by atoms with Gasteiger partial charge in [0.1, 0.15) is 0 Å². The summed E-state index contributed by atoms with van der Waals surface area (Å²) in [5, 5.41) is 20.7. The fraction of sp³-hybridized carbons (Fsp3) is 0.333. The molecule has 12 heavy (non-hydrogen) atoms. The molecule has 1 rings (SSSR count). The summed E-state index contributed by atoms with van der Waals surface area (Å²) in [6.45, 7) is -0.122. The molecule has 0 spiro atoms. The minimum absolute atomic E-state index is 0.122. The van der Waals surface area contributed by atoms with E-state index in [1.54, 1.807) is 0 Å². The van der Waals surface area contributed by atoms with Crippen LogP contribution < -0.4 is 11.3 Å². The smallest absolute Gasteiger partial charge is 0.279 e. The van der Waals surface area contributed by atoms with E-state index in [1.807, 2.05) is 0 Å². The lowest BCUT2D eigenvalue weighted by atomic mass is 10.3. The van der Waals surface area contributed by atoms with Gasteiger partial charge < -0.3 is 16.1 Å². The van der Waals surface area contributed by atoms with Crippen LogP contribution in [0.3, 0.4) is 0 Å². The van der Waals surface area contributed by atoms with Crippen molar-refractivity contribution < 1.29 is 10.2 Å². The van der Waals surface area contributed by atoms with E-state index in [4.69, 9.17) is 16.1 Å². The molecule has 66 valence electrons. The molecule has 1 aromatic heterocycles. The number of hydrogen-bond donors (Lipinski definition) is 3. The second-order valence-electron chi connectivity index (χ2n) is 2.24. The van der Waals surface area contributed by atoms with Crippen molar-refractivity contribution >= 4 is 0 Å². The standard InChI is InChI=1S/C6H9N3O3/c7-9-4(1-2-10)3-5(11)6(12)8-9/h3,10H,1-2,7H2,(H,8,12). The molecule has 0 radical (unpaired) electrons. The Morgan fingerprint density at radius 2 is 2.33 bits per heavy atom. The highest BCUT2D eigenvalue weighted by atomic mass is 16.3. The summed E-state index contributed by atoms with van der Waals surface area (Å²) in [5.41, 5.74) is -0.222. The maximum atomic E-state index is 10.8. The van der Waals surface area contributed by atoms with Crippen molar-refractivity contribution in [3.8, 4) is 5.88 Å². The summed E-state index contributed by atoms with van der Waals surface area (Å²) in [6.07, 6.45) is 0.235. The highest BCUT2D eigenvalue weighted by Gasteiger charge is 2.03. The minimum atomic E-state index is -0.640. The molecule has 0 unspecified atom stereocenters. The molecule has 0 fully saturated rings. The highest BCUT2D eigenvalue weighted by Crippen LogP contribution is 1.96. The Morgan fingerprint density at radius 1 is 1.67 bits per heavy atom. The zero-order valence-corrected chi connectivity index (χ0v) is 6.27. The minimum Gasteiger partial charge on any atom is -0.489 e. The predicted octanol–water partition coefficient (Wildman–Crippen LogP) is -1.80. The molecule has 0 aromatic carbocycles. The lowest BCUT2D eigenvalue weighted by molar-refractivity contribution is 0.295. The van der Waals surface area contributed by atoms with Gasteiger partial charge in [0.25, 0.3) is 5.88 Å². The number of rotatable bonds is 2. The first-order valence-electron chi connectivity index (χ1n) is 3.33. The summed E-state index contributed by atoms with van der Waals surface area (Å²) < 4.78 is 0. The van der Waals surface area contributed by atoms with Gasteiger partial charge in [-0.1, -0.05) is 0 Å². The topological polar surface area (TPSA) is 101 Å². The predicted molar refractivity (Wildman–Crippen MR) is 41.1 cm³/mol. The Labute approximate surface area is 67.8 Å². The molecule has 6 nitrogen and oxygen atoms in total. The third kappa shape index (κ3) is 1.54. The third-order valence-corrected chi connectivity index (χ3v) is 1.38. The monoisotopic (exact) mass is 171 g/mol. The zero-order valence-electron chi connectivity index (χ0n) is 6.27. The number of nitrogens with zero attached hydrogens (tertiary/aromatic N) is 2. The molecule has 0 aliphatic rings. The summed E-state index contributed by atoms with van der Waals surface area (Å²) in [5.74, 6) is 4.63. The summed E-state index contributed by atoms with van der Waals surface area (Å²) in [6, 6.07) is 1.14. The second kappa shape index (κ2) is 3.22. The van der Waals surface area contributed by atoms with Crippen molar-refractivity contribution in [1.82, 2.24) is 9.89 Å². The Morgan fingerprint density at radius 3 is 2.92 bits per heavy atom. The van der Waals surface area contributed by atoms with Crippen molar-refractivity contribution in [2.45, 2.75) is 6.42 Å². The number of aliphatic hydroxyl groups excluding tert-OH is 1.